The molecule has 7 heteroatoms. The second-order valence-corrected chi connectivity index (χ2v) is 7.53. The van der Waals surface area contributed by atoms with E-state index in [-0.39, 0.29) is 12.5 Å². The van der Waals surface area contributed by atoms with Crippen molar-refractivity contribution in [2.75, 3.05) is 29.9 Å². The van der Waals surface area contributed by atoms with Gasteiger partial charge < -0.3 is 9.64 Å². The van der Waals surface area contributed by atoms with Gasteiger partial charge in [0.15, 0.2) is 11.7 Å². The summed E-state index contributed by atoms with van der Waals surface area (Å²) in [5.41, 5.74) is 1.68. The van der Waals surface area contributed by atoms with Crippen LogP contribution in [0, 0.1) is 6.92 Å². The Morgan fingerprint density at radius 2 is 2.04 bits per heavy atom. The first-order valence-corrected chi connectivity index (χ1v) is 10.1. The fourth-order valence-corrected chi connectivity index (χ4v) is 3.94. The van der Waals surface area contributed by atoms with Gasteiger partial charge in [0.25, 0.3) is 5.91 Å². The lowest BCUT2D eigenvalue weighted by Crippen LogP contribution is -2.30. The van der Waals surface area contributed by atoms with Crippen LogP contribution in [0.15, 0.2) is 35.7 Å². The van der Waals surface area contributed by atoms with Crippen LogP contribution in [0.25, 0.3) is 10.9 Å². The highest BCUT2D eigenvalue weighted by atomic mass is 32.1. The minimum atomic E-state index is -0.228. The number of nitrogens with one attached hydrogen (secondary N) is 1. The van der Waals surface area contributed by atoms with Gasteiger partial charge in [0.05, 0.1) is 5.69 Å². The zero-order chi connectivity index (χ0) is 18.6. The molecular formula is C20H22N4O2S. The van der Waals surface area contributed by atoms with Crippen molar-refractivity contribution in [2.45, 2.75) is 26.2 Å². The first-order valence-electron chi connectivity index (χ1n) is 9.18. The maximum atomic E-state index is 12.1. The second-order valence-electron chi connectivity index (χ2n) is 6.68. The molecule has 0 unspecified atom stereocenters. The number of pyridine rings is 1. The van der Waals surface area contributed by atoms with Crippen LogP contribution in [-0.4, -0.2) is 35.6 Å². The summed E-state index contributed by atoms with van der Waals surface area (Å²) in [6.07, 6.45) is 3.69. The van der Waals surface area contributed by atoms with Crippen LogP contribution in [0.5, 0.6) is 5.75 Å². The van der Waals surface area contributed by atoms with Crippen molar-refractivity contribution in [1.82, 2.24) is 9.97 Å². The third kappa shape index (κ3) is 4.19. The molecule has 140 valence electrons. The Morgan fingerprint density at radius 1 is 1.19 bits per heavy atom. The van der Waals surface area contributed by atoms with E-state index in [1.54, 1.807) is 0 Å². The van der Waals surface area contributed by atoms with Gasteiger partial charge >= 0.3 is 0 Å². The highest BCUT2D eigenvalue weighted by Crippen LogP contribution is 2.27. The first kappa shape index (κ1) is 17.7. The molecule has 1 fully saturated rings. The van der Waals surface area contributed by atoms with E-state index in [2.05, 4.69) is 27.3 Å². The number of anilines is 2. The lowest BCUT2D eigenvalue weighted by Gasteiger charge is -2.28. The molecule has 0 saturated carbocycles. The van der Waals surface area contributed by atoms with Gasteiger partial charge in [-0.1, -0.05) is 12.1 Å². The number of aromatic nitrogens is 2. The van der Waals surface area contributed by atoms with Gasteiger partial charge in [-0.3, -0.25) is 10.1 Å². The van der Waals surface area contributed by atoms with Crippen molar-refractivity contribution < 1.29 is 9.53 Å². The Labute approximate surface area is 162 Å². The highest BCUT2D eigenvalue weighted by molar-refractivity contribution is 7.13. The van der Waals surface area contributed by atoms with Crippen LogP contribution in [0.1, 0.15) is 25.0 Å². The molecule has 0 atom stereocenters. The molecule has 1 aliphatic rings. The minimum absolute atomic E-state index is 0.0760. The number of amides is 1. The maximum absolute atomic E-state index is 12.1. The van der Waals surface area contributed by atoms with Crippen molar-refractivity contribution in [3.8, 4) is 5.75 Å². The van der Waals surface area contributed by atoms with Gasteiger partial charge in [0.1, 0.15) is 17.1 Å². The predicted molar refractivity (Wildman–Crippen MR) is 109 cm³/mol. The number of nitrogens with zero attached hydrogens (tertiary/aromatic N) is 3. The summed E-state index contributed by atoms with van der Waals surface area (Å²) in [6, 6.07) is 9.91. The number of thiazole rings is 1. The summed E-state index contributed by atoms with van der Waals surface area (Å²) in [6.45, 7) is 3.89. The van der Waals surface area contributed by atoms with E-state index in [1.165, 1.54) is 30.6 Å². The van der Waals surface area contributed by atoms with E-state index in [1.807, 2.05) is 30.5 Å². The number of para-hydroxylation sites is 1. The van der Waals surface area contributed by atoms with E-state index in [4.69, 9.17) is 9.72 Å². The van der Waals surface area contributed by atoms with Crippen LogP contribution >= 0.6 is 11.3 Å². The van der Waals surface area contributed by atoms with Gasteiger partial charge in [-0.15, -0.1) is 11.3 Å². The molecule has 27 heavy (non-hydrogen) atoms. The van der Waals surface area contributed by atoms with Crippen molar-refractivity contribution in [1.29, 1.82) is 0 Å². The molecule has 0 spiro atoms. The lowest BCUT2D eigenvalue weighted by atomic mass is 10.1. The molecule has 1 saturated heterocycles. The molecule has 1 amide bonds. The molecule has 3 aromatic rings. The number of ether oxygens (including phenoxy) is 1. The van der Waals surface area contributed by atoms with E-state index in [9.17, 15) is 4.79 Å². The van der Waals surface area contributed by atoms with Gasteiger partial charge in [-0.05, 0) is 44.4 Å². The monoisotopic (exact) mass is 382 g/mol. The van der Waals surface area contributed by atoms with Crippen LogP contribution in [0.4, 0.5) is 10.9 Å². The number of hydrogen-bond donors (Lipinski definition) is 1. The number of benzene rings is 1. The third-order valence-electron chi connectivity index (χ3n) is 4.57. The number of carbonyl (C=O) groups is 1. The quantitative estimate of drug-likeness (QED) is 0.722. The standard InChI is InChI=1S/C20H22N4O2S/c1-14-13-27-20(21-14)23-18(25)12-26-16-7-5-6-15-8-9-17(22-19(15)16)24-10-3-2-4-11-24/h5-9,13H,2-4,10-12H2,1H3,(H,21,23,25). The summed E-state index contributed by atoms with van der Waals surface area (Å²) in [5.74, 6) is 1.37. The molecule has 0 aliphatic carbocycles. The summed E-state index contributed by atoms with van der Waals surface area (Å²) in [4.78, 5) is 23.5. The maximum Gasteiger partial charge on any atom is 0.264 e. The smallest absolute Gasteiger partial charge is 0.264 e. The SMILES string of the molecule is Cc1csc(NC(=O)COc2cccc3ccc(N4CCCCC4)nc23)n1. The van der Waals surface area contributed by atoms with Gasteiger partial charge in [0, 0.05) is 23.9 Å². The molecule has 1 N–H and O–H groups in total. The Morgan fingerprint density at radius 3 is 2.81 bits per heavy atom. The molecule has 2 aromatic heterocycles. The summed E-state index contributed by atoms with van der Waals surface area (Å²) in [5, 5.41) is 6.25. The zero-order valence-electron chi connectivity index (χ0n) is 15.3. The largest absolute Gasteiger partial charge is 0.481 e. The fraction of sp³-hybridized carbons (Fsp3) is 0.350. The average Bonchev–Trinajstić information content (AvgIpc) is 3.11. The van der Waals surface area contributed by atoms with E-state index >= 15 is 0 Å². The van der Waals surface area contributed by atoms with E-state index in [0.29, 0.717) is 10.9 Å². The van der Waals surface area contributed by atoms with E-state index < -0.39 is 0 Å². The molecule has 6 nitrogen and oxygen atoms in total. The van der Waals surface area contributed by atoms with Gasteiger partial charge in [0.2, 0.25) is 0 Å². The number of aryl methyl sites for hydroxylation is 1. The second kappa shape index (κ2) is 7.92. The average molecular weight is 382 g/mol. The molecule has 4 rings (SSSR count). The van der Waals surface area contributed by atoms with Crippen molar-refractivity contribution in [2.24, 2.45) is 0 Å². The Balaban J connectivity index is 1.49. The van der Waals surface area contributed by atoms with Crippen LogP contribution in [0.3, 0.4) is 0 Å². The Hall–Kier alpha value is -2.67. The number of piperidine rings is 1. The van der Waals surface area contributed by atoms with Crippen molar-refractivity contribution in [3.05, 3.63) is 41.4 Å². The number of rotatable bonds is 5. The number of fused-ring (bicyclic) bond motifs is 1. The van der Waals surface area contributed by atoms with Crippen LogP contribution < -0.4 is 15.0 Å². The molecule has 1 aliphatic heterocycles. The highest BCUT2D eigenvalue weighted by Gasteiger charge is 2.14. The third-order valence-corrected chi connectivity index (χ3v) is 5.45. The molecule has 0 bridgehead atoms. The fourth-order valence-electron chi connectivity index (χ4n) is 3.24. The first-order chi connectivity index (χ1) is 13.2. The van der Waals surface area contributed by atoms with E-state index in [0.717, 1.165) is 35.5 Å². The van der Waals surface area contributed by atoms with Crippen molar-refractivity contribution >= 4 is 39.1 Å². The number of carbonyl (C=O) groups excluding carboxylic acids is 1. The summed E-state index contributed by atoms with van der Waals surface area (Å²) >= 11 is 1.40. The zero-order valence-corrected chi connectivity index (χ0v) is 16.1. The predicted octanol–water partition coefficient (Wildman–Crippen LogP) is 4.01. The normalized spacial score (nSPS) is 14.3. The molecule has 3 heterocycles. The summed E-state index contributed by atoms with van der Waals surface area (Å²) in [7, 11) is 0. The van der Waals surface area contributed by atoms with Gasteiger partial charge in [-0.2, -0.15) is 0 Å². The molecular weight excluding hydrogens is 360 g/mol. The summed E-state index contributed by atoms with van der Waals surface area (Å²) < 4.78 is 5.79. The number of hydrogen-bond acceptors (Lipinski definition) is 6. The Kier molecular flexibility index (Phi) is 5.20. The van der Waals surface area contributed by atoms with Crippen molar-refractivity contribution in [3.63, 3.8) is 0 Å². The lowest BCUT2D eigenvalue weighted by molar-refractivity contribution is -0.118. The Bertz CT molecular complexity index is 950. The minimum Gasteiger partial charge on any atom is -0.481 e. The van der Waals surface area contributed by atoms with Crippen LogP contribution in [0.2, 0.25) is 0 Å². The van der Waals surface area contributed by atoms with Crippen LogP contribution in [-0.2, 0) is 4.79 Å². The topological polar surface area (TPSA) is 67.3 Å². The van der Waals surface area contributed by atoms with Gasteiger partial charge in [-0.25, -0.2) is 9.97 Å². The molecule has 1 aromatic carbocycles. The molecule has 0 radical (unpaired) electrons.